The van der Waals surface area contributed by atoms with Crippen LogP contribution in [0.25, 0.3) is 0 Å². The molecule has 0 radical (unpaired) electrons. The van der Waals surface area contributed by atoms with E-state index in [1.807, 2.05) is 47.4 Å². The van der Waals surface area contributed by atoms with Crippen LogP contribution in [0.15, 0.2) is 49.1 Å². The number of aryl methyl sites for hydroxylation is 1. The van der Waals surface area contributed by atoms with E-state index in [4.69, 9.17) is 0 Å². The molecule has 0 saturated carbocycles. The normalized spacial score (nSPS) is 11.3. The Morgan fingerprint density at radius 3 is 2.48 bits per heavy atom. The molecule has 0 spiro atoms. The summed E-state index contributed by atoms with van der Waals surface area (Å²) < 4.78 is 3.87. The lowest BCUT2D eigenvalue weighted by Gasteiger charge is -2.14. The van der Waals surface area contributed by atoms with E-state index in [9.17, 15) is 10.2 Å². The van der Waals surface area contributed by atoms with Gasteiger partial charge in [0, 0.05) is 43.2 Å². The van der Waals surface area contributed by atoms with Gasteiger partial charge in [-0.1, -0.05) is 44.2 Å². The van der Waals surface area contributed by atoms with Crippen LogP contribution in [0.3, 0.4) is 0 Å². The summed E-state index contributed by atoms with van der Waals surface area (Å²) in [6.07, 6.45) is 7.01. The van der Waals surface area contributed by atoms with Gasteiger partial charge in [0.05, 0.1) is 6.33 Å². The summed E-state index contributed by atoms with van der Waals surface area (Å²) >= 11 is 0. The van der Waals surface area contributed by atoms with Crippen molar-refractivity contribution in [2.24, 2.45) is 0 Å². The maximum absolute atomic E-state index is 10.5. The second-order valence-corrected chi connectivity index (χ2v) is 6.66. The fourth-order valence-electron chi connectivity index (χ4n) is 3.32. The molecule has 0 aliphatic carbocycles. The number of hydrogen-bond acceptors (Lipinski definition) is 3. The maximum Gasteiger partial charge on any atom is 0.235 e. The largest absolute Gasteiger partial charge is 0.503 e. The van der Waals surface area contributed by atoms with Gasteiger partial charge in [-0.25, -0.2) is 4.98 Å². The molecule has 1 aromatic carbocycles. The van der Waals surface area contributed by atoms with Gasteiger partial charge in [-0.3, -0.25) is 0 Å². The van der Waals surface area contributed by atoms with E-state index in [0.717, 1.165) is 29.8 Å². The van der Waals surface area contributed by atoms with Gasteiger partial charge in [0.25, 0.3) is 0 Å². The third kappa shape index (κ3) is 3.71. The molecule has 2 heterocycles. The summed E-state index contributed by atoms with van der Waals surface area (Å²) in [6.45, 7) is 5.55. The van der Waals surface area contributed by atoms with Crippen molar-refractivity contribution < 1.29 is 10.2 Å². The summed E-state index contributed by atoms with van der Waals surface area (Å²) in [5.74, 6) is 0.128. The molecule has 0 bridgehead atoms. The van der Waals surface area contributed by atoms with Crippen LogP contribution in [0.5, 0.6) is 11.6 Å². The Hall–Kier alpha value is -2.69. The van der Waals surface area contributed by atoms with Gasteiger partial charge >= 0.3 is 0 Å². The first-order chi connectivity index (χ1) is 12.1. The van der Waals surface area contributed by atoms with E-state index in [2.05, 4.69) is 17.1 Å². The fraction of sp³-hybridized carbons (Fsp3) is 0.350. The molecule has 0 aliphatic heterocycles. The highest BCUT2D eigenvalue weighted by Gasteiger charge is 2.24. The van der Waals surface area contributed by atoms with E-state index in [0.29, 0.717) is 13.0 Å². The second-order valence-electron chi connectivity index (χ2n) is 6.66. The molecule has 2 aromatic heterocycles. The average molecular weight is 339 g/mol. The first-order valence-corrected chi connectivity index (χ1v) is 8.70. The van der Waals surface area contributed by atoms with E-state index in [1.54, 1.807) is 12.5 Å². The highest BCUT2D eigenvalue weighted by atomic mass is 16.3. The lowest BCUT2D eigenvalue weighted by molar-refractivity contribution is 0.364. The number of aromatic hydroxyl groups is 2. The van der Waals surface area contributed by atoms with Crippen LogP contribution in [0.1, 0.15) is 43.0 Å². The second kappa shape index (κ2) is 7.47. The van der Waals surface area contributed by atoms with Crippen molar-refractivity contribution >= 4 is 0 Å². The Balaban J connectivity index is 1.88. The van der Waals surface area contributed by atoms with Crippen molar-refractivity contribution in [1.82, 2.24) is 14.1 Å². The minimum absolute atomic E-state index is 0.0172. The zero-order chi connectivity index (χ0) is 17.8. The number of rotatable bonds is 7. The summed E-state index contributed by atoms with van der Waals surface area (Å²) in [5, 5.41) is 20.9. The minimum Gasteiger partial charge on any atom is -0.503 e. The predicted octanol–water partition coefficient (Wildman–Crippen LogP) is 3.90. The van der Waals surface area contributed by atoms with Crippen molar-refractivity contribution in [3.05, 3.63) is 65.9 Å². The molecule has 2 N–H and O–H groups in total. The van der Waals surface area contributed by atoms with Gasteiger partial charge in [-0.2, -0.15) is 0 Å². The SMILES string of the molecule is CC(C)c1c(O)c(O)n(CCCn2ccnc2)c1Cc1ccccc1. The molecular formula is C20H25N3O2. The number of nitrogens with zero attached hydrogens (tertiary/aromatic N) is 3. The molecule has 0 fully saturated rings. The Kier molecular flexibility index (Phi) is 5.12. The van der Waals surface area contributed by atoms with Crippen molar-refractivity contribution in [2.75, 3.05) is 0 Å². The van der Waals surface area contributed by atoms with Gasteiger partial charge in [-0.05, 0) is 17.9 Å². The quantitative estimate of drug-likeness (QED) is 0.686. The van der Waals surface area contributed by atoms with E-state index < -0.39 is 0 Å². The number of benzene rings is 1. The Morgan fingerprint density at radius 2 is 1.84 bits per heavy atom. The number of aromatic nitrogens is 3. The van der Waals surface area contributed by atoms with Crippen LogP contribution >= 0.6 is 0 Å². The van der Waals surface area contributed by atoms with Crippen molar-refractivity contribution in [1.29, 1.82) is 0 Å². The number of hydrogen-bond donors (Lipinski definition) is 2. The Labute approximate surface area is 148 Å². The van der Waals surface area contributed by atoms with Crippen LogP contribution in [-0.2, 0) is 19.5 Å². The van der Waals surface area contributed by atoms with Crippen LogP contribution in [0, 0.1) is 0 Å². The van der Waals surface area contributed by atoms with Crippen LogP contribution in [-0.4, -0.2) is 24.3 Å². The van der Waals surface area contributed by atoms with Gasteiger partial charge in [0.2, 0.25) is 5.88 Å². The molecule has 0 atom stereocenters. The molecule has 0 unspecified atom stereocenters. The lowest BCUT2D eigenvalue weighted by Crippen LogP contribution is -2.08. The van der Waals surface area contributed by atoms with Crippen LogP contribution in [0.2, 0.25) is 0 Å². The van der Waals surface area contributed by atoms with Crippen molar-refractivity contribution in [3.8, 4) is 11.6 Å². The van der Waals surface area contributed by atoms with E-state index in [-0.39, 0.29) is 17.5 Å². The van der Waals surface area contributed by atoms with Gasteiger partial charge in [0.1, 0.15) is 0 Å². The molecule has 0 aliphatic rings. The Morgan fingerprint density at radius 1 is 1.08 bits per heavy atom. The molecule has 132 valence electrons. The third-order valence-electron chi connectivity index (χ3n) is 4.51. The number of imidazole rings is 1. The molecule has 0 saturated heterocycles. The van der Waals surface area contributed by atoms with Crippen LogP contribution in [0.4, 0.5) is 0 Å². The van der Waals surface area contributed by atoms with E-state index in [1.165, 1.54) is 0 Å². The summed E-state index contributed by atoms with van der Waals surface area (Å²) in [4.78, 5) is 4.05. The highest BCUT2D eigenvalue weighted by Crippen LogP contribution is 2.40. The summed E-state index contributed by atoms with van der Waals surface area (Å²) in [5.41, 5.74) is 2.99. The topological polar surface area (TPSA) is 63.2 Å². The molecule has 0 amide bonds. The summed E-state index contributed by atoms with van der Waals surface area (Å²) in [6, 6.07) is 10.2. The smallest absolute Gasteiger partial charge is 0.235 e. The zero-order valence-corrected chi connectivity index (χ0v) is 14.8. The van der Waals surface area contributed by atoms with Crippen molar-refractivity contribution in [3.63, 3.8) is 0 Å². The Bertz CT molecular complexity index is 805. The zero-order valence-electron chi connectivity index (χ0n) is 14.8. The monoisotopic (exact) mass is 339 g/mol. The lowest BCUT2D eigenvalue weighted by atomic mass is 9.98. The molecule has 5 heteroatoms. The van der Waals surface area contributed by atoms with Gasteiger partial charge < -0.3 is 19.3 Å². The molecule has 5 nitrogen and oxygen atoms in total. The molecular weight excluding hydrogens is 314 g/mol. The molecule has 3 rings (SSSR count). The predicted molar refractivity (Wildman–Crippen MR) is 97.9 cm³/mol. The minimum atomic E-state index is -0.0275. The van der Waals surface area contributed by atoms with E-state index >= 15 is 0 Å². The highest BCUT2D eigenvalue weighted by molar-refractivity contribution is 5.50. The molecule has 25 heavy (non-hydrogen) atoms. The standard InChI is InChI=1S/C20H25N3O2/c1-15(2)18-17(13-16-7-4-3-5-8-16)23(20(25)19(18)24)11-6-10-22-12-9-21-14-22/h3-5,7-9,12,14-15,24-25H,6,10-11,13H2,1-2H3. The molecule has 3 aromatic rings. The first kappa shape index (κ1) is 17.1. The van der Waals surface area contributed by atoms with Gasteiger partial charge in [-0.15, -0.1) is 0 Å². The fourth-order valence-corrected chi connectivity index (χ4v) is 3.32. The van der Waals surface area contributed by atoms with Crippen LogP contribution < -0.4 is 0 Å². The summed E-state index contributed by atoms with van der Waals surface area (Å²) in [7, 11) is 0. The third-order valence-corrected chi connectivity index (χ3v) is 4.51. The first-order valence-electron chi connectivity index (χ1n) is 8.70. The average Bonchev–Trinajstić information content (AvgIpc) is 3.18. The van der Waals surface area contributed by atoms with Gasteiger partial charge in [0.15, 0.2) is 5.75 Å². The van der Waals surface area contributed by atoms with Crippen molar-refractivity contribution in [2.45, 2.75) is 45.7 Å². The maximum atomic E-state index is 10.5.